The summed E-state index contributed by atoms with van der Waals surface area (Å²) in [6.07, 6.45) is 4.96. The largest absolute Gasteiger partial charge is 0.379 e. The summed E-state index contributed by atoms with van der Waals surface area (Å²) in [6.45, 7) is 5.80. The molecule has 3 heterocycles. The van der Waals surface area contributed by atoms with Crippen LogP contribution >= 0.6 is 11.6 Å². The quantitative estimate of drug-likeness (QED) is 0.757. The predicted molar refractivity (Wildman–Crippen MR) is 119 cm³/mol. The number of carbonyl (C=O) groups excluding carboxylic acids is 1. The van der Waals surface area contributed by atoms with Crippen molar-refractivity contribution in [1.29, 1.82) is 0 Å². The fourth-order valence-electron chi connectivity index (χ4n) is 4.07. The number of nitrogens with zero attached hydrogens (tertiary/aromatic N) is 3. The first kappa shape index (κ1) is 21.1. The summed E-state index contributed by atoms with van der Waals surface area (Å²) in [5.41, 5.74) is 1.73. The number of benzene rings is 1. The standard InChI is InChI=1S/C23H29ClN4O2/c24-20-15-19(23(29)28-9-5-2-6-10-28)16-25-22(20)26-21(18-7-3-1-4-8-18)17-27-11-13-30-14-12-27/h1,3-4,7-8,15-16,21H,2,5-6,9-14,17H2,(H,25,26). The van der Waals surface area contributed by atoms with Gasteiger partial charge in [-0.3, -0.25) is 9.69 Å². The minimum absolute atomic E-state index is 0.0172. The predicted octanol–water partition coefficient (Wildman–Crippen LogP) is 3.85. The molecule has 2 aliphatic heterocycles. The highest BCUT2D eigenvalue weighted by Gasteiger charge is 2.22. The van der Waals surface area contributed by atoms with Gasteiger partial charge in [-0.2, -0.15) is 0 Å². The number of morpholine rings is 1. The molecule has 2 saturated heterocycles. The molecule has 4 rings (SSSR count). The summed E-state index contributed by atoms with van der Waals surface area (Å²) in [5, 5.41) is 3.98. The maximum Gasteiger partial charge on any atom is 0.255 e. The number of nitrogens with one attached hydrogen (secondary N) is 1. The van der Waals surface area contributed by atoms with Crippen LogP contribution in [-0.4, -0.2) is 66.6 Å². The number of hydrogen-bond acceptors (Lipinski definition) is 5. The van der Waals surface area contributed by atoms with Crippen LogP contribution in [-0.2, 0) is 4.74 Å². The van der Waals surface area contributed by atoms with Crippen LogP contribution in [0.15, 0.2) is 42.6 Å². The lowest BCUT2D eigenvalue weighted by Crippen LogP contribution is -2.40. The smallest absolute Gasteiger partial charge is 0.255 e. The van der Waals surface area contributed by atoms with E-state index in [0.29, 0.717) is 16.4 Å². The number of amides is 1. The van der Waals surface area contributed by atoms with Crippen molar-refractivity contribution in [2.75, 3.05) is 51.3 Å². The van der Waals surface area contributed by atoms with Gasteiger partial charge in [0.15, 0.2) is 0 Å². The maximum atomic E-state index is 12.8. The third kappa shape index (κ3) is 5.31. The molecule has 1 atom stereocenters. The van der Waals surface area contributed by atoms with E-state index in [4.69, 9.17) is 16.3 Å². The molecule has 6 nitrogen and oxygen atoms in total. The first-order valence-electron chi connectivity index (χ1n) is 10.8. The number of hydrogen-bond donors (Lipinski definition) is 1. The zero-order valence-corrected chi connectivity index (χ0v) is 18.0. The van der Waals surface area contributed by atoms with Crippen LogP contribution in [0.3, 0.4) is 0 Å². The molecule has 1 aromatic carbocycles. The van der Waals surface area contributed by atoms with Crippen LogP contribution in [0.1, 0.15) is 41.2 Å². The Kier molecular flexibility index (Phi) is 7.20. The monoisotopic (exact) mass is 428 g/mol. The summed E-state index contributed by atoms with van der Waals surface area (Å²) in [7, 11) is 0. The van der Waals surface area contributed by atoms with Gasteiger partial charge in [-0.1, -0.05) is 41.9 Å². The SMILES string of the molecule is O=C(c1cnc(NC(CN2CCOCC2)c2ccccc2)c(Cl)c1)N1CCCCC1. The fraction of sp³-hybridized carbons (Fsp3) is 0.478. The number of anilines is 1. The molecular formula is C23H29ClN4O2. The first-order chi connectivity index (χ1) is 14.7. The molecule has 0 radical (unpaired) electrons. The van der Waals surface area contributed by atoms with Crippen molar-refractivity contribution in [3.05, 3.63) is 58.7 Å². The Labute approximate surface area is 183 Å². The van der Waals surface area contributed by atoms with E-state index < -0.39 is 0 Å². The lowest BCUT2D eigenvalue weighted by atomic mass is 10.1. The molecule has 0 aliphatic carbocycles. The normalized spacial score (nSPS) is 18.8. The average Bonchev–Trinajstić information content (AvgIpc) is 2.81. The van der Waals surface area contributed by atoms with Crippen LogP contribution in [0, 0.1) is 0 Å². The maximum absolute atomic E-state index is 12.8. The fourth-order valence-corrected chi connectivity index (χ4v) is 4.29. The van der Waals surface area contributed by atoms with Crippen LogP contribution < -0.4 is 5.32 Å². The second-order valence-electron chi connectivity index (χ2n) is 7.93. The van der Waals surface area contributed by atoms with Gasteiger partial charge in [0.1, 0.15) is 5.82 Å². The second kappa shape index (κ2) is 10.2. The van der Waals surface area contributed by atoms with Gasteiger partial charge in [0.05, 0.1) is 29.8 Å². The molecule has 2 fully saturated rings. The highest BCUT2D eigenvalue weighted by Crippen LogP contribution is 2.27. The van der Waals surface area contributed by atoms with Crippen molar-refractivity contribution in [2.24, 2.45) is 0 Å². The van der Waals surface area contributed by atoms with Gasteiger partial charge in [-0.05, 0) is 30.9 Å². The van der Waals surface area contributed by atoms with E-state index in [0.717, 1.165) is 58.8 Å². The van der Waals surface area contributed by atoms with E-state index in [9.17, 15) is 4.79 Å². The molecule has 2 aliphatic rings. The van der Waals surface area contributed by atoms with Crippen molar-refractivity contribution in [1.82, 2.24) is 14.8 Å². The Morgan fingerprint density at radius 3 is 2.53 bits per heavy atom. The summed E-state index contributed by atoms with van der Waals surface area (Å²) >= 11 is 6.56. The van der Waals surface area contributed by atoms with Gasteiger partial charge in [0.25, 0.3) is 5.91 Å². The number of likely N-dealkylation sites (tertiary alicyclic amines) is 1. The minimum atomic E-state index is 0.0172. The Balaban J connectivity index is 1.49. The highest BCUT2D eigenvalue weighted by atomic mass is 35.5. The molecule has 1 unspecified atom stereocenters. The van der Waals surface area contributed by atoms with Crippen LogP contribution in [0.5, 0.6) is 0 Å². The summed E-state index contributed by atoms with van der Waals surface area (Å²) in [4.78, 5) is 21.6. The highest BCUT2D eigenvalue weighted by molar-refractivity contribution is 6.33. The molecule has 1 aromatic heterocycles. The van der Waals surface area contributed by atoms with E-state index in [1.54, 1.807) is 12.3 Å². The molecule has 1 N–H and O–H groups in total. The molecule has 30 heavy (non-hydrogen) atoms. The van der Waals surface area contributed by atoms with E-state index in [2.05, 4.69) is 27.3 Å². The average molecular weight is 429 g/mol. The number of pyridine rings is 1. The third-order valence-corrected chi connectivity index (χ3v) is 6.08. The van der Waals surface area contributed by atoms with Gasteiger partial charge < -0.3 is 15.0 Å². The molecule has 160 valence electrons. The Bertz CT molecular complexity index is 836. The van der Waals surface area contributed by atoms with E-state index in [1.807, 2.05) is 23.1 Å². The van der Waals surface area contributed by atoms with Gasteiger partial charge in [-0.15, -0.1) is 0 Å². The van der Waals surface area contributed by atoms with Gasteiger partial charge in [0.2, 0.25) is 0 Å². The molecular weight excluding hydrogens is 400 g/mol. The lowest BCUT2D eigenvalue weighted by Gasteiger charge is -2.31. The number of aromatic nitrogens is 1. The van der Waals surface area contributed by atoms with Gasteiger partial charge in [0, 0.05) is 38.9 Å². The third-order valence-electron chi connectivity index (χ3n) is 5.79. The molecule has 1 amide bonds. The number of ether oxygens (including phenoxy) is 1. The minimum Gasteiger partial charge on any atom is -0.379 e. The van der Waals surface area contributed by atoms with Crippen molar-refractivity contribution in [3.63, 3.8) is 0 Å². The van der Waals surface area contributed by atoms with Crippen LogP contribution in [0.25, 0.3) is 0 Å². The summed E-state index contributed by atoms with van der Waals surface area (Å²) < 4.78 is 5.48. The number of piperidine rings is 1. The topological polar surface area (TPSA) is 57.7 Å². The van der Waals surface area contributed by atoms with Crippen LogP contribution in [0.2, 0.25) is 5.02 Å². The second-order valence-corrected chi connectivity index (χ2v) is 8.34. The Morgan fingerprint density at radius 2 is 1.83 bits per heavy atom. The number of halogens is 1. The molecule has 7 heteroatoms. The molecule has 0 saturated carbocycles. The summed E-state index contributed by atoms with van der Waals surface area (Å²) in [5.74, 6) is 0.623. The van der Waals surface area contributed by atoms with Crippen molar-refractivity contribution in [2.45, 2.75) is 25.3 Å². The first-order valence-corrected chi connectivity index (χ1v) is 11.1. The molecule has 0 spiro atoms. The zero-order valence-electron chi connectivity index (χ0n) is 17.2. The van der Waals surface area contributed by atoms with Gasteiger partial charge in [-0.25, -0.2) is 4.98 Å². The Hall–Kier alpha value is -2.15. The van der Waals surface area contributed by atoms with Crippen molar-refractivity contribution in [3.8, 4) is 0 Å². The summed E-state index contributed by atoms with van der Waals surface area (Å²) in [6, 6.07) is 12.1. The molecule has 0 bridgehead atoms. The van der Waals surface area contributed by atoms with E-state index in [1.165, 1.54) is 12.0 Å². The van der Waals surface area contributed by atoms with Crippen LogP contribution in [0.4, 0.5) is 5.82 Å². The zero-order chi connectivity index (χ0) is 20.8. The van der Waals surface area contributed by atoms with E-state index >= 15 is 0 Å². The number of rotatable bonds is 6. The van der Waals surface area contributed by atoms with Gasteiger partial charge >= 0.3 is 0 Å². The Morgan fingerprint density at radius 1 is 1.10 bits per heavy atom. The lowest BCUT2D eigenvalue weighted by molar-refractivity contribution is 0.0360. The molecule has 2 aromatic rings. The van der Waals surface area contributed by atoms with Crippen molar-refractivity contribution < 1.29 is 9.53 Å². The number of carbonyl (C=O) groups is 1. The van der Waals surface area contributed by atoms with E-state index in [-0.39, 0.29) is 11.9 Å². The van der Waals surface area contributed by atoms with Crippen molar-refractivity contribution >= 4 is 23.3 Å².